The van der Waals surface area contributed by atoms with Crippen LogP contribution in [0.5, 0.6) is 0 Å². The second kappa shape index (κ2) is 5.21. The number of hydrogen-bond acceptors (Lipinski definition) is 2. The molecule has 0 atom stereocenters. The van der Waals surface area contributed by atoms with Crippen molar-refractivity contribution in [1.82, 2.24) is 9.55 Å². The molecule has 2 nitrogen and oxygen atoms in total. The fraction of sp³-hybridized carbons (Fsp3) is 0.308. The van der Waals surface area contributed by atoms with Crippen LogP contribution in [0.3, 0.4) is 0 Å². The van der Waals surface area contributed by atoms with Gasteiger partial charge < -0.3 is 4.57 Å². The zero-order chi connectivity index (χ0) is 11.4. The molecule has 0 saturated heterocycles. The Morgan fingerprint density at radius 3 is 2.62 bits per heavy atom. The molecule has 0 saturated carbocycles. The molecule has 0 fully saturated rings. The Bertz CT molecular complexity index is 445. The van der Waals surface area contributed by atoms with E-state index in [1.54, 1.807) is 11.8 Å². The highest BCUT2D eigenvalue weighted by atomic mass is 32.2. The van der Waals surface area contributed by atoms with Crippen LogP contribution in [-0.4, -0.2) is 15.3 Å². The second-order valence-corrected chi connectivity index (χ2v) is 4.97. The number of benzene rings is 1. The molecule has 16 heavy (non-hydrogen) atoms. The molecular formula is C13H16N2S. The normalized spacial score (nSPS) is 10.6. The lowest BCUT2D eigenvalue weighted by molar-refractivity contribution is 0.789. The summed E-state index contributed by atoms with van der Waals surface area (Å²) in [6, 6.07) is 8.74. The van der Waals surface area contributed by atoms with Crippen LogP contribution in [0.4, 0.5) is 0 Å². The maximum Gasteiger partial charge on any atom is 0.167 e. The molecule has 0 N–H and O–H groups in total. The summed E-state index contributed by atoms with van der Waals surface area (Å²) in [5.74, 6) is 1.08. The summed E-state index contributed by atoms with van der Waals surface area (Å²) in [5, 5.41) is 1.09. The van der Waals surface area contributed by atoms with Gasteiger partial charge in [-0.1, -0.05) is 41.6 Å². The minimum atomic E-state index is 1.08. The third kappa shape index (κ3) is 2.89. The summed E-state index contributed by atoms with van der Waals surface area (Å²) < 4.78 is 2.06. The molecule has 1 aromatic carbocycles. The second-order valence-electron chi connectivity index (χ2n) is 3.90. The summed E-state index contributed by atoms with van der Waals surface area (Å²) >= 11 is 1.80. The highest BCUT2D eigenvalue weighted by molar-refractivity contribution is 7.99. The van der Waals surface area contributed by atoms with Gasteiger partial charge in [0.2, 0.25) is 0 Å². The smallest absolute Gasteiger partial charge is 0.167 e. The maximum absolute atomic E-state index is 4.29. The Balaban J connectivity index is 1.84. The standard InChI is InChI=1S/C13H16N2S/c1-11-3-5-12(6-4-11)7-10-16-13-14-8-9-15(13)2/h3-6,8-9H,7,10H2,1-2H3. The molecule has 0 aliphatic carbocycles. The Kier molecular flexibility index (Phi) is 3.67. The molecule has 1 aromatic heterocycles. The Morgan fingerprint density at radius 2 is 2.00 bits per heavy atom. The molecule has 0 bridgehead atoms. The molecule has 0 radical (unpaired) electrons. The van der Waals surface area contributed by atoms with E-state index in [-0.39, 0.29) is 0 Å². The third-order valence-corrected chi connectivity index (χ3v) is 3.58. The van der Waals surface area contributed by atoms with Gasteiger partial charge in [0.1, 0.15) is 0 Å². The zero-order valence-corrected chi connectivity index (χ0v) is 10.5. The van der Waals surface area contributed by atoms with Gasteiger partial charge >= 0.3 is 0 Å². The van der Waals surface area contributed by atoms with Crippen LogP contribution in [0.2, 0.25) is 0 Å². The minimum absolute atomic E-state index is 1.08. The molecule has 0 amide bonds. The predicted octanol–water partition coefficient (Wildman–Crippen LogP) is 3.06. The number of rotatable bonds is 4. The van der Waals surface area contributed by atoms with Crippen LogP contribution in [-0.2, 0) is 13.5 Å². The van der Waals surface area contributed by atoms with Crippen molar-refractivity contribution < 1.29 is 0 Å². The number of hydrogen-bond donors (Lipinski definition) is 0. The van der Waals surface area contributed by atoms with E-state index in [9.17, 15) is 0 Å². The Hall–Kier alpha value is -1.22. The summed E-state index contributed by atoms with van der Waals surface area (Å²) in [4.78, 5) is 4.29. The lowest BCUT2D eigenvalue weighted by Gasteiger charge is -2.02. The first-order chi connectivity index (χ1) is 7.75. The van der Waals surface area contributed by atoms with Gasteiger partial charge in [-0.2, -0.15) is 0 Å². The van der Waals surface area contributed by atoms with Crippen molar-refractivity contribution in [3.05, 3.63) is 47.8 Å². The Labute approximate surface area is 101 Å². The molecule has 2 rings (SSSR count). The summed E-state index contributed by atoms with van der Waals surface area (Å²) in [5.41, 5.74) is 2.72. The van der Waals surface area contributed by atoms with Gasteiger partial charge in [0.05, 0.1) is 0 Å². The van der Waals surface area contributed by atoms with Crippen LogP contribution in [0, 0.1) is 6.92 Å². The van der Waals surface area contributed by atoms with E-state index in [1.807, 2.05) is 19.4 Å². The van der Waals surface area contributed by atoms with Crippen molar-refractivity contribution >= 4 is 11.8 Å². The lowest BCUT2D eigenvalue weighted by Crippen LogP contribution is -1.93. The lowest BCUT2D eigenvalue weighted by atomic mass is 10.1. The van der Waals surface area contributed by atoms with Gasteiger partial charge in [-0.15, -0.1) is 0 Å². The van der Waals surface area contributed by atoms with Gasteiger partial charge in [-0.05, 0) is 18.9 Å². The van der Waals surface area contributed by atoms with E-state index < -0.39 is 0 Å². The molecule has 1 heterocycles. The molecule has 0 aliphatic rings. The van der Waals surface area contributed by atoms with Crippen molar-refractivity contribution in [3.63, 3.8) is 0 Å². The summed E-state index contributed by atoms with van der Waals surface area (Å²) in [7, 11) is 2.03. The Morgan fingerprint density at radius 1 is 1.25 bits per heavy atom. The quantitative estimate of drug-likeness (QED) is 0.754. The van der Waals surface area contributed by atoms with E-state index in [0.29, 0.717) is 0 Å². The number of nitrogens with zero attached hydrogens (tertiary/aromatic N) is 2. The number of thioether (sulfide) groups is 1. The predicted molar refractivity (Wildman–Crippen MR) is 68.8 cm³/mol. The van der Waals surface area contributed by atoms with E-state index in [4.69, 9.17) is 0 Å². The molecule has 84 valence electrons. The average molecular weight is 232 g/mol. The van der Waals surface area contributed by atoms with Crippen LogP contribution in [0.25, 0.3) is 0 Å². The molecule has 2 aromatic rings. The van der Waals surface area contributed by atoms with Crippen molar-refractivity contribution in [2.24, 2.45) is 7.05 Å². The van der Waals surface area contributed by atoms with Crippen molar-refractivity contribution in [2.75, 3.05) is 5.75 Å². The van der Waals surface area contributed by atoms with Gasteiger partial charge in [0.25, 0.3) is 0 Å². The largest absolute Gasteiger partial charge is 0.329 e. The topological polar surface area (TPSA) is 17.8 Å². The molecular weight excluding hydrogens is 216 g/mol. The molecule has 0 spiro atoms. The highest BCUT2D eigenvalue weighted by Crippen LogP contribution is 2.16. The SMILES string of the molecule is Cc1ccc(CCSc2nccn2C)cc1. The fourth-order valence-electron chi connectivity index (χ4n) is 1.51. The minimum Gasteiger partial charge on any atom is -0.329 e. The van der Waals surface area contributed by atoms with E-state index in [0.717, 1.165) is 17.3 Å². The van der Waals surface area contributed by atoms with Crippen molar-refractivity contribution in [3.8, 4) is 0 Å². The van der Waals surface area contributed by atoms with Crippen LogP contribution >= 0.6 is 11.8 Å². The first-order valence-corrected chi connectivity index (χ1v) is 6.40. The van der Waals surface area contributed by atoms with Crippen molar-refractivity contribution in [1.29, 1.82) is 0 Å². The van der Waals surface area contributed by atoms with E-state index in [2.05, 4.69) is 40.7 Å². The number of aromatic nitrogens is 2. The van der Waals surface area contributed by atoms with Crippen LogP contribution < -0.4 is 0 Å². The first-order valence-electron chi connectivity index (χ1n) is 5.41. The van der Waals surface area contributed by atoms with Crippen molar-refractivity contribution in [2.45, 2.75) is 18.5 Å². The summed E-state index contributed by atoms with van der Waals surface area (Å²) in [6.07, 6.45) is 4.92. The average Bonchev–Trinajstić information content (AvgIpc) is 2.68. The van der Waals surface area contributed by atoms with Gasteiger partial charge in [0, 0.05) is 25.2 Å². The number of imidazole rings is 1. The molecule has 3 heteroatoms. The fourth-order valence-corrected chi connectivity index (χ4v) is 2.43. The van der Waals surface area contributed by atoms with Gasteiger partial charge in [-0.25, -0.2) is 4.98 Å². The third-order valence-electron chi connectivity index (χ3n) is 2.52. The zero-order valence-electron chi connectivity index (χ0n) is 9.68. The van der Waals surface area contributed by atoms with Crippen LogP contribution in [0.15, 0.2) is 41.8 Å². The van der Waals surface area contributed by atoms with E-state index in [1.165, 1.54) is 11.1 Å². The summed E-state index contributed by atoms with van der Waals surface area (Å²) in [6.45, 7) is 2.12. The van der Waals surface area contributed by atoms with Crippen LogP contribution in [0.1, 0.15) is 11.1 Å². The highest BCUT2D eigenvalue weighted by Gasteiger charge is 2.00. The van der Waals surface area contributed by atoms with E-state index >= 15 is 0 Å². The number of aryl methyl sites for hydroxylation is 3. The molecule has 0 aliphatic heterocycles. The first kappa shape index (κ1) is 11.3. The van der Waals surface area contributed by atoms with Gasteiger partial charge in [-0.3, -0.25) is 0 Å². The van der Waals surface area contributed by atoms with Gasteiger partial charge in [0.15, 0.2) is 5.16 Å². The molecule has 0 unspecified atom stereocenters. The maximum atomic E-state index is 4.29. The monoisotopic (exact) mass is 232 g/mol.